The number of hydrogen-bond donors (Lipinski definition) is 1. The average molecular weight is 260 g/mol. The van der Waals surface area contributed by atoms with Gasteiger partial charge in [0.1, 0.15) is 0 Å². The number of thiophene rings is 1. The normalized spacial score (nSPS) is 12.6. The summed E-state index contributed by atoms with van der Waals surface area (Å²) >= 11 is 1.77. The van der Waals surface area contributed by atoms with Gasteiger partial charge in [-0.15, -0.1) is 0 Å². The summed E-state index contributed by atoms with van der Waals surface area (Å²) in [5.74, 6) is 0. The van der Waals surface area contributed by atoms with Crippen LogP contribution in [0.4, 0.5) is 0 Å². The quantitative estimate of drug-likeness (QED) is 0.858. The van der Waals surface area contributed by atoms with Gasteiger partial charge in [0, 0.05) is 12.2 Å². The molecule has 1 atom stereocenters. The summed E-state index contributed by atoms with van der Waals surface area (Å²) < 4.78 is 0. The van der Waals surface area contributed by atoms with Crippen LogP contribution in [0.25, 0.3) is 0 Å². The molecule has 1 N–H and O–H groups in total. The molecule has 2 aromatic heterocycles. The van der Waals surface area contributed by atoms with E-state index in [4.69, 9.17) is 0 Å². The molecule has 2 nitrogen and oxygen atoms in total. The summed E-state index contributed by atoms with van der Waals surface area (Å²) in [6.45, 7) is 2.19. The maximum atomic E-state index is 4.56. The highest BCUT2D eigenvalue weighted by molar-refractivity contribution is 7.07. The third-order valence-corrected chi connectivity index (χ3v) is 4.02. The molecule has 1 unspecified atom stereocenters. The lowest BCUT2D eigenvalue weighted by Crippen LogP contribution is -2.20. The van der Waals surface area contributed by atoms with Gasteiger partial charge in [-0.1, -0.05) is 13.0 Å². The summed E-state index contributed by atoms with van der Waals surface area (Å²) in [4.78, 5) is 4.56. The van der Waals surface area contributed by atoms with Crippen LogP contribution in [-0.4, -0.2) is 12.0 Å². The average Bonchev–Trinajstić information content (AvgIpc) is 2.93. The lowest BCUT2D eigenvalue weighted by Gasteiger charge is -2.18. The topological polar surface area (TPSA) is 24.9 Å². The first kappa shape index (κ1) is 13.2. The van der Waals surface area contributed by atoms with E-state index >= 15 is 0 Å². The Balaban J connectivity index is 2.08. The van der Waals surface area contributed by atoms with Crippen LogP contribution >= 0.6 is 11.3 Å². The van der Waals surface area contributed by atoms with Crippen molar-refractivity contribution in [1.82, 2.24) is 10.3 Å². The molecule has 0 radical (unpaired) electrons. The van der Waals surface area contributed by atoms with Gasteiger partial charge in [0.25, 0.3) is 0 Å². The number of nitrogens with zero attached hydrogens (tertiary/aromatic N) is 1. The zero-order chi connectivity index (χ0) is 12.8. The molecule has 0 aliphatic rings. The Kier molecular flexibility index (Phi) is 4.90. The highest BCUT2D eigenvalue weighted by Crippen LogP contribution is 2.21. The van der Waals surface area contributed by atoms with Gasteiger partial charge in [0.2, 0.25) is 0 Å². The second-order valence-electron chi connectivity index (χ2n) is 4.41. The molecule has 3 heteroatoms. The van der Waals surface area contributed by atoms with Gasteiger partial charge in [-0.25, -0.2) is 0 Å². The predicted molar refractivity (Wildman–Crippen MR) is 78.1 cm³/mol. The molecule has 2 heterocycles. The molecule has 2 aromatic rings. The number of pyridine rings is 1. The fraction of sp³-hybridized carbons (Fsp3) is 0.400. The first-order valence-corrected chi connectivity index (χ1v) is 7.41. The highest BCUT2D eigenvalue weighted by atomic mass is 32.1. The van der Waals surface area contributed by atoms with Crippen molar-refractivity contribution in [2.24, 2.45) is 0 Å². The fourth-order valence-corrected chi connectivity index (χ4v) is 2.93. The molecule has 0 fully saturated rings. The van der Waals surface area contributed by atoms with Gasteiger partial charge < -0.3 is 5.32 Å². The van der Waals surface area contributed by atoms with Gasteiger partial charge in [-0.3, -0.25) is 4.98 Å². The third-order valence-electron chi connectivity index (χ3n) is 3.29. The summed E-state index contributed by atoms with van der Waals surface area (Å²) in [5.41, 5.74) is 3.98. The van der Waals surface area contributed by atoms with Crippen molar-refractivity contribution in [2.45, 2.75) is 32.2 Å². The van der Waals surface area contributed by atoms with Crippen molar-refractivity contribution in [3.05, 3.63) is 52.0 Å². The number of nitrogens with one attached hydrogen (secondary N) is 1. The van der Waals surface area contributed by atoms with Gasteiger partial charge in [0.15, 0.2) is 0 Å². The third kappa shape index (κ3) is 3.18. The van der Waals surface area contributed by atoms with E-state index in [1.807, 2.05) is 19.3 Å². The molecule has 0 aromatic carbocycles. The van der Waals surface area contributed by atoms with Crippen LogP contribution in [0, 0.1) is 0 Å². The molecule has 2 rings (SSSR count). The van der Waals surface area contributed by atoms with E-state index in [0.29, 0.717) is 6.04 Å². The Morgan fingerprint density at radius 2 is 2.28 bits per heavy atom. The molecule has 0 aliphatic carbocycles. The predicted octanol–water partition coefficient (Wildman–Crippen LogP) is 3.60. The van der Waals surface area contributed by atoms with Crippen molar-refractivity contribution in [3.63, 3.8) is 0 Å². The van der Waals surface area contributed by atoms with Crippen molar-refractivity contribution < 1.29 is 0 Å². The largest absolute Gasteiger partial charge is 0.312 e. The Labute approximate surface area is 113 Å². The molecule has 0 aliphatic heterocycles. The molecule has 0 spiro atoms. The molecule has 0 amide bonds. The lowest BCUT2D eigenvalue weighted by atomic mass is 9.99. The minimum Gasteiger partial charge on any atom is -0.312 e. The van der Waals surface area contributed by atoms with E-state index in [9.17, 15) is 0 Å². The minimum absolute atomic E-state index is 0.348. The summed E-state index contributed by atoms with van der Waals surface area (Å²) in [6.07, 6.45) is 5.13. The van der Waals surface area contributed by atoms with Crippen LogP contribution in [0.15, 0.2) is 35.2 Å². The van der Waals surface area contributed by atoms with Gasteiger partial charge >= 0.3 is 0 Å². The number of aryl methyl sites for hydroxylation is 2. The second-order valence-corrected chi connectivity index (χ2v) is 5.19. The Hall–Kier alpha value is -1.19. The molecule has 0 saturated heterocycles. The molecule has 18 heavy (non-hydrogen) atoms. The highest BCUT2D eigenvalue weighted by Gasteiger charge is 2.14. The van der Waals surface area contributed by atoms with Gasteiger partial charge in [0.05, 0.1) is 5.69 Å². The van der Waals surface area contributed by atoms with Crippen LogP contribution in [0.2, 0.25) is 0 Å². The minimum atomic E-state index is 0.348. The second kappa shape index (κ2) is 6.66. The zero-order valence-corrected chi connectivity index (χ0v) is 11.8. The van der Waals surface area contributed by atoms with Crippen LogP contribution in [-0.2, 0) is 12.8 Å². The van der Waals surface area contributed by atoms with E-state index in [0.717, 1.165) is 19.3 Å². The van der Waals surface area contributed by atoms with Crippen LogP contribution in [0.3, 0.4) is 0 Å². The molecule has 96 valence electrons. The SMILES string of the molecule is CCc1cccnc1C(CCc1ccsc1)NC. The standard InChI is InChI=1S/C15H20N2S/c1-3-13-5-4-9-17-15(13)14(16-2)7-6-12-8-10-18-11-12/h4-5,8-11,14,16H,3,6-7H2,1-2H3. The molecular weight excluding hydrogens is 240 g/mol. The number of aromatic nitrogens is 1. The van der Waals surface area contributed by atoms with Crippen molar-refractivity contribution in [1.29, 1.82) is 0 Å². The van der Waals surface area contributed by atoms with E-state index < -0.39 is 0 Å². The molecular formula is C15H20N2S. The lowest BCUT2D eigenvalue weighted by molar-refractivity contribution is 0.531. The maximum absolute atomic E-state index is 4.56. The fourth-order valence-electron chi connectivity index (χ4n) is 2.23. The van der Waals surface area contributed by atoms with Crippen LogP contribution < -0.4 is 5.32 Å². The van der Waals surface area contributed by atoms with E-state index in [2.05, 4.69) is 40.1 Å². The summed E-state index contributed by atoms with van der Waals surface area (Å²) in [6, 6.07) is 6.75. The summed E-state index contributed by atoms with van der Waals surface area (Å²) in [7, 11) is 2.02. The van der Waals surface area contributed by atoms with E-state index in [1.54, 1.807) is 11.3 Å². The monoisotopic (exact) mass is 260 g/mol. The maximum Gasteiger partial charge on any atom is 0.0604 e. The Morgan fingerprint density at radius 1 is 1.39 bits per heavy atom. The molecule has 0 saturated carbocycles. The van der Waals surface area contributed by atoms with E-state index in [-0.39, 0.29) is 0 Å². The smallest absolute Gasteiger partial charge is 0.0604 e. The first-order chi connectivity index (χ1) is 8.85. The summed E-state index contributed by atoms with van der Waals surface area (Å²) in [5, 5.41) is 7.77. The Bertz CT molecular complexity index is 465. The number of rotatable bonds is 6. The van der Waals surface area contributed by atoms with Gasteiger partial charge in [-0.05, 0) is 60.3 Å². The van der Waals surface area contributed by atoms with Crippen LogP contribution in [0.5, 0.6) is 0 Å². The van der Waals surface area contributed by atoms with Crippen molar-refractivity contribution in [3.8, 4) is 0 Å². The first-order valence-electron chi connectivity index (χ1n) is 6.47. The van der Waals surface area contributed by atoms with E-state index in [1.165, 1.54) is 16.8 Å². The van der Waals surface area contributed by atoms with Crippen molar-refractivity contribution in [2.75, 3.05) is 7.05 Å². The molecule has 0 bridgehead atoms. The van der Waals surface area contributed by atoms with Crippen molar-refractivity contribution >= 4 is 11.3 Å². The Morgan fingerprint density at radius 3 is 2.94 bits per heavy atom. The van der Waals surface area contributed by atoms with Gasteiger partial charge in [-0.2, -0.15) is 11.3 Å². The van der Waals surface area contributed by atoms with Crippen LogP contribution in [0.1, 0.15) is 36.2 Å². The number of hydrogen-bond acceptors (Lipinski definition) is 3. The zero-order valence-electron chi connectivity index (χ0n) is 11.0.